The quantitative estimate of drug-likeness (QED) is 0.277. The minimum absolute atomic E-state index is 0.0374. The van der Waals surface area contributed by atoms with Crippen LogP contribution in [0.3, 0.4) is 0 Å². The third-order valence-electron chi connectivity index (χ3n) is 15.5. The molecule has 11 heteroatoms. The maximum absolute atomic E-state index is 13.6. The molecule has 278 valence electrons. The summed E-state index contributed by atoms with van der Waals surface area (Å²) in [5, 5.41) is 26.9. The molecule has 3 aliphatic heterocycles. The van der Waals surface area contributed by atoms with Crippen molar-refractivity contribution in [3.05, 3.63) is 68.8 Å². The maximum atomic E-state index is 13.6. The van der Waals surface area contributed by atoms with E-state index >= 15 is 0 Å². The zero-order valence-electron chi connectivity index (χ0n) is 30.9. The summed E-state index contributed by atoms with van der Waals surface area (Å²) in [6.45, 7) is 8.99. The number of ketones is 2. The average Bonchev–Trinajstić information content (AvgIpc) is 3.74. The van der Waals surface area contributed by atoms with E-state index in [9.17, 15) is 24.7 Å². The number of nitrogens with zero attached hydrogens (tertiary/aromatic N) is 3. The van der Waals surface area contributed by atoms with Gasteiger partial charge in [-0.3, -0.25) is 19.4 Å². The van der Waals surface area contributed by atoms with Crippen LogP contribution in [-0.2, 0) is 38.0 Å². The molecule has 1 saturated heterocycles. The van der Waals surface area contributed by atoms with E-state index in [0.29, 0.717) is 56.8 Å². The predicted molar refractivity (Wildman–Crippen MR) is 194 cm³/mol. The van der Waals surface area contributed by atoms with Crippen LogP contribution in [0.1, 0.15) is 81.5 Å². The third kappa shape index (κ3) is 3.63. The van der Waals surface area contributed by atoms with Crippen LogP contribution in [0.4, 0.5) is 5.69 Å². The number of carbonyl (C=O) groups is 2. The van der Waals surface area contributed by atoms with Gasteiger partial charge in [-0.1, -0.05) is 26.0 Å². The molecule has 4 fully saturated rings. The van der Waals surface area contributed by atoms with Gasteiger partial charge < -0.3 is 24.4 Å². The zero-order chi connectivity index (χ0) is 36.9. The molecule has 0 amide bonds. The van der Waals surface area contributed by atoms with Gasteiger partial charge in [-0.15, -0.1) is 10.6 Å². The summed E-state index contributed by atoms with van der Waals surface area (Å²) in [5.41, 5.74) is 5.24. The van der Waals surface area contributed by atoms with Gasteiger partial charge >= 0.3 is 0 Å². The SMILES string of the molecule is CCN(CC=C=C(C)CN1CC23CCC(=O)C4Oc5c(O)ccc6c5C4(C2)C3(OC)C1C6)C1Cc2ccc(N=O)c3c2C2(CC)C(O3)C(=O)CCC12O. The van der Waals surface area contributed by atoms with Gasteiger partial charge in [-0.2, -0.15) is 0 Å². The lowest BCUT2D eigenvalue weighted by molar-refractivity contribution is -0.251. The molecule has 2 aromatic rings. The highest BCUT2D eigenvalue weighted by Crippen LogP contribution is 2.79. The summed E-state index contributed by atoms with van der Waals surface area (Å²) in [7, 11) is 1.80. The number of hydrogen-bond donors (Lipinski definition) is 2. The number of Topliss-reactive ketones (excluding diaryl/α,β-unsaturated/α-hetero) is 2. The molecule has 2 aromatic carbocycles. The van der Waals surface area contributed by atoms with Crippen molar-refractivity contribution in [1.29, 1.82) is 0 Å². The number of likely N-dealkylation sites (tertiary alicyclic amines) is 1. The summed E-state index contributed by atoms with van der Waals surface area (Å²) in [4.78, 5) is 43.6. The number of ether oxygens (including phenoxy) is 3. The number of phenolic OH excluding ortho intramolecular Hbond substituents is 1. The van der Waals surface area contributed by atoms with Gasteiger partial charge in [0.05, 0.1) is 16.4 Å². The Morgan fingerprint density at radius 3 is 2.55 bits per heavy atom. The van der Waals surface area contributed by atoms with Gasteiger partial charge in [0.15, 0.2) is 41.0 Å². The largest absolute Gasteiger partial charge is 0.504 e. The van der Waals surface area contributed by atoms with E-state index in [1.165, 1.54) is 0 Å². The van der Waals surface area contributed by atoms with E-state index in [0.717, 1.165) is 53.6 Å². The van der Waals surface area contributed by atoms with E-state index in [-0.39, 0.29) is 46.9 Å². The van der Waals surface area contributed by atoms with Crippen molar-refractivity contribution in [2.75, 3.05) is 33.3 Å². The molecule has 2 N–H and O–H groups in total. The number of likely N-dealkylation sites (N-methyl/N-ethyl adjacent to an activating group) is 1. The Kier molecular flexibility index (Phi) is 6.92. The fraction of sp³-hybridized carbons (Fsp3) is 0.595. The molecule has 9 unspecified atom stereocenters. The van der Waals surface area contributed by atoms with Crippen molar-refractivity contribution in [3.8, 4) is 17.2 Å². The molecule has 11 nitrogen and oxygen atoms in total. The fourth-order valence-corrected chi connectivity index (χ4v) is 13.8. The van der Waals surface area contributed by atoms with Gasteiger partial charge in [0, 0.05) is 68.2 Å². The Balaban J connectivity index is 0.955. The molecule has 0 aromatic heterocycles. The van der Waals surface area contributed by atoms with Crippen LogP contribution in [-0.4, -0.2) is 100 Å². The fourth-order valence-electron chi connectivity index (χ4n) is 13.8. The smallest absolute Gasteiger partial charge is 0.174 e. The van der Waals surface area contributed by atoms with Gasteiger partial charge in [0.25, 0.3) is 0 Å². The van der Waals surface area contributed by atoms with Gasteiger partial charge in [-0.25, -0.2) is 0 Å². The van der Waals surface area contributed by atoms with Crippen molar-refractivity contribution >= 4 is 17.3 Å². The Hall–Kier alpha value is -3.86. The van der Waals surface area contributed by atoms with E-state index in [1.54, 1.807) is 19.2 Å². The minimum Gasteiger partial charge on any atom is -0.504 e. The van der Waals surface area contributed by atoms with Crippen molar-refractivity contribution in [2.24, 2.45) is 10.6 Å². The number of aromatic hydroxyl groups is 1. The summed E-state index contributed by atoms with van der Waals surface area (Å²) in [6, 6.07) is 7.07. The van der Waals surface area contributed by atoms with Crippen LogP contribution < -0.4 is 9.47 Å². The van der Waals surface area contributed by atoms with E-state index in [1.807, 2.05) is 19.1 Å². The van der Waals surface area contributed by atoms with Crippen molar-refractivity contribution < 1.29 is 34.0 Å². The van der Waals surface area contributed by atoms with Crippen LogP contribution >= 0.6 is 0 Å². The van der Waals surface area contributed by atoms with E-state index in [4.69, 9.17) is 14.2 Å². The lowest BCUT2D eigenvalue weighted by Crippen LogP contribution is -2.80. The zero-order valence-corrected chi connectivity index (χ0v) is 30.9. The highest BCUT2D eigenvalue weighted by Gasteiger charge is 2.88. The van der Waals surface area contributed by atoms with Crippen LogP contribution in [0.15, 0.2) is 46.8 Å². The molecule has 3 heterocycles. The number of nitroso groups, excluding NO2 is 1. The molecule has 8 aliphatic rings. The van der Waals surface area contributed by atoms with E-state index < -0.39 is 34.2 Å². The summed E-state index contributed by atoms with van der Waals surface area (Å²) < 4.78 is 19.4. The average molecular weight is 722 g/mol. The molecule has 0 radical (unpaired) electrons. The van der Waals surface area contributed by atoms with Crippen LogP contribution in [0.2, 0.25) is 0 Å². The summed E-state index contributed by atoms with van der Waals surface area (Å²) in [5.74, 6) is 1.00. The standard InChI is InChI=1S/C42H47N3O8/c1-5-39-32-24-9-11-26(43-50)34(32)52-36(39)29(48)14-16-41(39,49)30(18-24)44(6-2)17-7-8-23(3)20-45-22-38-15-13-28(47)37-40(21-38)33-25(10-12-27(46)35(33)53-37)19-31(45)42(38,40)51-4/h7,9-12,30-31,36-37,46,49H,5-6,13-22H2,1-4H3. The number of aliphatic hydroxyl groups is 1. The monoisotopic (exact) mass is 721 g/mol. The first-order valence-electron chi connectivity index (χ1n) is 19.4. The molecule has 3 saturated carbocycles. The molecule has 2 spiro atoms. The van der Waals surface area contributed by atoms with Crippen molar-refractivity contribution in [1.82, 2.24) is 9.80 Å². The predicted octanol–water partition coefficient (Wildman–Crippen LogP) is 4.72. The first-order valence-corrected chi connectivity index (χ1v) is 19.4. The van der Waals surface area contributed by atoms with Crippen LogP contribution in [0.25, 0.3) is 0 Å². The number of phenols is 1. The van der Waals surface area contributed by atoms with Crippen molar-refractivity contribution in [2.45, 2.75) is 118 Å². The number of benzene rings is 2. The van der Waals surface area contributed by atoms with Gasteiger partial charge in [-0.05, 0) is 92.1 Å². The number of rotatable bonds is 9. The first kappa shape index (κ1) is 33.7. The molecule has 2 bridgehead atoms. The Labute approximate surface area is 308 Å². The van der Waals surface area contributed by atoms with E-state index in [2.05, 4.69) is 40.6 Å². The number of methoxy groups -OCH3 is 1. The molecular formula is C42H47N3O8. The Bertz CT molecular complexity index is 2090. The minimum atomic E-state index is -1.24. The van der Waals surface area contributed by atoms with Crippen LogP contribution in [0.5, 0.6) is 17.2 Å². The molecule has 5 aliphatic carbocycles. The highest BCUT2D eigenvalue weighted by molar-refractivity contribution is 5.91. The number of hydrogen-bond acceptors (Lipinski definition) is 11. The Morgan fingerprint density at radius 2 is 1.79 bits per heavy atom. The highest BCUT2D eigenvalue weighted by atomic mass is 16.5. The first-order chi connectivity index (χ1) is 25.5. The maximum Gasteiger partial charge on any atom is 0.174 e. The lowest BCUT2D eigenvalue weighted by atomic mass is 9.37. The topological polar surface area (TPSA) is 138 Å². The summed E-state index contributed by atoms with van der Waals surface area (Å²) >= 11 is 0. The second-order valence-electron chi connectivity index (χ2n) is 17.1. The molecule has 9 atom stereocenters. The van der Waals surface area contributed by atoms with Crippen molar-refractivity contribution in [3.63, 3.8) is 0 Å². The Morgan fingerprint density at radius 1 is 1.06 bits per heavy atom. The molecular weight excluding hydrogens is 674 g/mol. The van der Waals surface area contributed by atoms with Crippen LogP contribution in [0, 0.1) is 10.3 Å². The third-order valence-corrected chi connectivity index (χ3v) is 15.5. The normalized spacial score (nSPS) is 39.0. The second kappa shape index (κ2) is 10.9. The molecule has 53 heavy (non-hydrogen) atoms. The van der Waals surface area contributed by atoms with Gasteiger partial charge in [0.2, 0.25) is 0 Å². The molecule has 10 rings (SSSR count). The van der Waals surface area contributed by atoms with Gasteiger partial charge in [0.1, 0.15) is 11.3 Å². The second-order valence-corrected chi connectivity index (χ2v) is 17.1. The number of carbonyl (C=O) groups excluding carboxylic acids is 2. The lowest BCUT2D eigenvalue weighted by Gasteiger charge is -2.69. The summed E-state index contributed by atoms with van der Waals surface area (Å²) in [6.07, 6.45) is 4.98.